The number of phenols is 1. The first-order valence-electron chi connectivity index (χ1n) is 8.72. The number of rotatable bonds is 4. The Labute approximate surface area is 158 Å². The smallest absolute Gasteiger partial charge is 0.340 e. The number of ether oxygens (including phenoxy) is 1. The SMILES string of the molecule is CCOC(=O)C1=C(C)N(c2ccc(C)cc2)C(=O)/C1=C/c1ccc(O)cc1. The summed E-state index contributed by atoms with van der Waals surface area (Å²) in [6.45, 7) is 5.66. The van der Waals surface area contributed by atoms with Gasteiger partial charge in [0, 0.05) is 11.4 Å². The maximum absolute atomic E-state index is 13.2. The molecular weight excluding hydrogens is 342 g/mol. The van der Waals surface area contributed by atoms with E-state index in [0.717, 1.165) is 5.56 Å². The fourth-order valence-electron chi connectivity index (χ4n) is 3.02. The van der Waals surface area contributed by atoms with Gasteiger partial charge >= 0.3 is 5.97 Å². The molecule has 0 aliphatic carbocycles. The topological polar surface area (TPSA) is 66.8 Å². The molecule has 1 aliphatic rings. The second-order valence-electron chi connectivity index (χ2n) is 6.31. The molecule has 0 unspecified atom stereocenters. The van der Waals surface area contributed by atoms with Gasteiger partial charge in [0.1, 0.15) is 5.75 Å². The molecule has 1 aliphatic heterocycles. The van der Waals surface area contributed by atoms with Crippen LogP contribution in [0.25, 0.3) is 6.08 Å². The standard InChI is InChI=1S/C22H21NO4/c1-4-27-22(26)20-15(3)23(17-9-5-14(2)6-10-17)21(25)19(20)13-16-7-11-18(24)12-8-16/h5-13,24H,4H2,1-3H3/b19-13+. The summed E-state index contributed by atoms with van der Waals surface area (Å²) in [5, 5.41) is 9.46. The van der Waals surface area contributed by atoms with E-state index in [1.165, 1.54) is 17.0 Å². The molecule has 0 bridgehead atoms. The Bertz CT molecular complexity index is 937. The highest BCUT2D eigenvalue weighted by atomic mass is 16.5. The van der Waals surface area contributed by atoms with Crippen LogP contribution in [0.1, 0.15) is 25.0 Å². The molecule has 138 valence electrons. The van der Waals surface area contributed by atoms with Gasteiger partial charge in [0.2, 0.25) is 0 Å². The predicted molar refractivity (Wildman–Crippen MR) is 104 cm³/mol. The third kappa shape index (κ3) is 3.62. The second kappa shape index (κ2) is 7.50. The zero-order valence-corrected chi connectivity index (χ0v) is 15.5. The predicted octanol–water partition coefficient (Wildman–Crippen LogP) is 3.97. The van der Waals surface area contributed by atoms with E-state index < -0.39 is 5.97 Å². The van der Waals surface area contributed by atoms with E-state index in [0.29, 0.717) is 16.9 Å². The first-order valence-corrected chi connectivity index (χ1v) is 8.72. The Morgan fingerprint density at radius 3 is 2.30 bits per heavy atom. The minimum absolute atomic E-state index is 0.133. The number of amides is 1. The molecule has 0 fully saturated rings. The molecule has 0 atom stereocenters. The van der Waals surface area contributed by atoms with Crippen LogP contribution in [-0.4, -0.2) is 23.6 Å². The zero-order valence-electron chi connectivity index (χ0n) is 15.5. The number of nitrogens with zero attached hydrogens (tertiary/aromatic N) is 1. The minimum atomic E-state index is -0.525. The van der Waals surface area contributed by atoms with Gasteiger partial charge in [0.15, 0.2) is 0 Å². The van der Waals surface area contributed by atoms with E-state index >= 15 is 0 Å². The summed E-state index contributed by atoms with van der Waals surface area (Å²) >= 11 is 0. The Balaban J connectivity index is 2.11. The first-order chi connectivity index (χ1) is 12.9. The van der Waals surface area contributed by atoms with Crippen molar-refractivity contribution in [2.45, 2.75) is 20.8 Å². The number of hydrogen-bond donors (Lipinski definition) is 1. The van der Waals surface area contributed by atoms with E-state index in [4.69, 9.17) is 4.74 Å². The van der Waals surface area contributed by atoms with E-state index in [-0.39, 0.29) is 29.4 Å². The Morgan fingerprint density at radius 1 is 1.07 bits per heavy atom. The second-order valence-corrected chi connectivity index (χ2v) is 6.31. The van der Waals surface area contributed by atoms with Gasteiger partial charge in [0.05, 0.1) is 17.8 Å². The van der Waals surface area contributed by atoms with Crippen LogP contribution in [0, 0.1) is 6.92 Å². The van der Waals surface area contributed by atoms with Gasteiger partial charge in [-0.15, -0.1) is 0 Å². The van der Waals surface area contributed by atoms with Gasteiger partial charge in [-0.3, -0.25) is 9.69 Å². The highest BCUT2D eigenvalue weighted by Gasteiger charge is 2.38. The Hall–Kier alpha value is -3.34. The fraction of sp³-hybridized carbons (Fsp3) is 0.182. The number of aryl methyl sites for hydroxylation is 1. The van der Waals surface area contributed by atoms with Crippen LogP contribution in [0.3, 0.4) is 0 Å². The number of hydrogen-bond acceptors (Lipinski definition) is 4. The summed E-state index contributed by atoms with van der Waals surface area (Å²) in [4.78, 5) is 27.2. The highest BCUT2D eigenvalue weighted by molar-refractivity contribution is 6.23. The van der Waals surface area contributed by atoms with Crippen LogP contribution < -0.4 is 4.90 Å². The molecule has 5 heteroatoms. The third-order valence-electron chi connectivity index (χ3n) is 4.38. The average molecular weight is 363 g/mol. The van der Waals surface area contributed by atoms with Crippen molar-refractivity contribution in [1.82, 2.24) is 0 Å². The van der Waals surface area contributed by atoms with Crippen molar-refractivity contribution in [2.24, 2.45) is 0 Å². The van der Waals surface area contributed by atoms with E-state index in [2.05, 4.69) is 0 Å². The molecule has 1 amide bonds. The molecule has 3 rings (SSSR count). The van der Waals surface area contributed by atoms with Crippen LogP contribution in [-0.2, 0) is 14.3 Å². The normalized spacial score (nSPS) is 15.6. The number of benzene rings is 2. The monoisotopic (exact) mass is 363 g/mol. The minimum Gasteiger partial charge on any atom is -0.508 e. The van der Waals surface area contributed by atoms with Gasteiger partial charge in [-0.05, 0) is 56.7 Å². The summed E-state index contributed by atoms with van der Waals surface area (Å²) in [5.41, 5.74) is 3.55. The summed E-state index contributed by atoms with van der Waals surface area (Å²) in [5.74, 6) is -0.677. The lowest BCUT2D eigenvalue weighted by atomic mass is 10.0. The van der Waals surface area contributed by atoms with Gasteiger partial charge in [0.25, 0.3) is 5.91 Å². The maximum atomic E-state index is 13.2. The van der Waals surface area contributed by atoms with Gasteiger partial charge in [-0.1, -0.05) is 29.8 Å². The summed E-state index contributed by atoms with van der Waals surface area (Å²) in [6.07, 6.45) is 1.64. The lowest BCUT2D eigenvalue weighted by Gasteiger charge is -2.18. The van der Waals surface area contributed by atoms with Gasteiger partial charge in [-0.2, -0.15) is 0 Å². The van der Waals surface area contributed by atoms with Crippen molar-refractivity contribution in [2.75, 3.05) is 11.5 Å². The number of esters is 1. The molecule has 2 aromatic rings. The highest BCUT2D eigenvalue weighted by Crippen LogP contribution is 2.35. The first kappa shape index (κ1) is 18.5. The average Bonchev–Trinajstić information content (AvgIpc) is 2.88. The molecule has 27 heavy (non-hydrogen) atoms. The van der Waals surface area contributed by atoms with Crippen molar-refractivity contribution >= 4 is 23.6 Å². The number of allylic oxidation sites excluding steroid dienone is 1. The zero-order chi connectivity index (χ0) is 19.6. The van der Waals surface area contributed by atoms with Crippen LogP contribution >= 0.6 is 0 Å². The molecule has 1 N–H and O–H groups in total. The van der Waals surface area contributed by atoms with E-state index in [1.54, 1.807) is 32.1 Å². The van der Waals surface area contributed by atoms with Crippen molar-refractivity contribution in [1.29, 1.82) is 0 Å². The summed E-state index contributed by atoms with van der Waals surface area (Å²) in [6, 6.07) is 14.0. The number of phenolic OH excluding ortho intramolecular Hbond substituents is 1. The molecular formula is C22H21NO4. The molecule has 0 saturated heterocycles. The fourth-order valence-corrected chi connectivity index (χ4v) is 3.02. The summed E-state index contributed by atoms with van der Waals surface area (Å²) in [7, 11) is 0. The molecule has 1 heterocycles. The molecule has 0 radical (unpaired) electrons. The lowest BCUT2D eigenvalue weighted by Crippen LogP contribution is -2.24. The maximum Gasteiger partial charge on any atom is 0.340 e. The quantitative estimate of drug-likeness (QED) is 0.659. The van der Waals surface area contributed by atoms with E-state index in [1.807, 2.05) is 31.2 Å². The third-order valence-corrected chi connectivity index (χ3v) is 4.38. The number of aromatic hydroxyl groups is 1. The van der Waals surface area contributed by atoms with Crippen molar-refractivity contribution < 1.29 is 19.4 Å². The Kier molecular flexibility index (Phi) is 5.12. The molecule has 2 aromatic carbocycles. The lowest BCUT2D eigenvalue weighted by molar-refractivity contribution is -0.138. The van der Waals surface area contributed by atoms with Crippen molar-refractivity contribution in [3.63, 3.8) is 0 Å². The van der Waals surface area contributed by atoms with E-state index in [9.17, 15) is 14.7 Å². The number of carbonyl (C=O) groups excluding carboxylic acids is 2. The van der Waals surface area contributed by atoms with Crippen molar-refractivity contribution in [3.05, 3.63) is 76.5 Å². The molecule has 0 saturated carbocycles. The summed E-state index contributed by atoms with van der Waals surface area (Å²) < 4.78 is 5.18. The molecule has 0 aromatic heterocycles. The van der Waals surface area contributed by atoms with Crippen molar-refractivity contribution in [3.8, 4) is 5.75 Å². The Morgan fingerprint density at radius 2 is 1.70 bits per heavy atom. The number of anilines is 1. The van der Waals surface area contributed by atoms with Crippen LogP contribution in [0.4, 0.5) is 5.69 Å². The van der Waals surface area contributed by atoms with Gasteiger partial charge in [-0.25, -0.2) is 4.79 Å². The number of carbonyl (C=O) groups is 2. The largest absolute Gasteiger partial charge is 0.508 e. The molecule has 0 spiro atoms. The van der Waals surface area contributed by atoms with Gasteiger partial charge < -0.3 is 9.84 Å². The van der Waals surface area contributed by atoms with Crippen LogP contribution in [0.2, 0.25) is 0 Å². The molecule has 5 nitrogen and oxygen atoms in total. The van der Waals surface area contributed by atoms with Crippen LogP contribution in [0.5, 0.6) is 5.75 Å². The van der Waals surface area contributed by atoms with Crippen LogP contribution in [0.15, 0.2) is 65.4 Å².